The van der Waals surface area contributed by atoms with E-state index in [4.69, 9.17) is 5.11 Å². The Morgan fingerprint density at radius 3 is 2.13 bits per heavy atom. The first-order valence-corrected chi connectivity index (χ1v) is 6.60. The zero-order valence-electron chi connectivity index (χ0n) is 9.43. The molecule has 0 aromatic rings. The number of sulfonamides is 1. The van der Waals surface area contributed by atoms with Crippen molar-refractivity contribution >= 4 is 16.0 Å². The minimum absolute atomic E-state index is 0.0315. The van der Waals surface area contributed by atoms with Crippen molar-refractivity contribution in [3.8, 4) is 0 Å². The Bertz CT molecular complexity index is 295. The summed E-state index contributed by atoms with van der Waals surface area (Å²) in [5, 5.41) is 8.49. The fourth-order valence-electron chi connectivity index (χ4n) is 1.24. The molecule has 90 valence electrons. The quantitative estimate of drug-likeness (QED) is 0.709. The van der Waals surface area contributed by atoms with Gasteiger partial charge in [0.1, 0.15) is 6.54 Å². The predicted octanol–water partition coefficient (Wildman–Crippen LogP) is 0.769. The summed E-state index contributed by atoms with van der Waals surface area (Å²) in [6.45, 7) is 3.39. The van der Waals surface area contributed by atoms with Crippen LogP contribution in [-0.4, -0.2) is 43.1 Å². The maximum Gasteiger partial charge on any atom is 0.318 e. The third-order valence-electron chi connectivity index (χ3n) is 2.43. The lowest BCUT2D eigenvalue weighted by Gasteiger charge is -2.18. The number of aliphatic carboxylic acids is 1. The number of hydrogen-bond donors (Lipinski definition) is 1. The maximum absolute atomic E-state index is 11.7. The number of nitrogens with zero attached hydrogens (tertiary/aromatic N) is 1. The van der Waals surface area contributed by atoms with Gasteiger partial charge in [0.25, 0.3) is 0 Å². The van der Waals surface area contributed by atoms with Crippen LogP contribution in [0.4, 0.5) is 0 Å². The topological polar surface area (TPSA) is 74.7 Å². The highest BCUT2D eigenvalue weighted by Crippen LogP contribution is 2.12. The van der Waals surface area contributed by atoms with Crippen LogP contribution >= 0.6 is 0 Å². The molecular formula is C9H19NO4S. The fourth-order valence-corrected chi connectivity index (χ4v) is 2.87. The van der Waals surface area contributed by atoms with E-state index < -0.39 is 22.5 Å². The largest absolute Gasteiger partial charge is 0.480 e. The molecule has 0 saturated heterocycles. The fraction of sp³-hybridized carbons (Fsp3) is 0.889. The molecule has 6 heteroatoms. The van der Waals surface area contributed by atoms with Crippen molar-refractivity contribution in [1.29, 1.82) is 0 Å². The van der Waals surface area contributed by atoms with E-state index >= 15 is 0 Å². The van der Waals surface area contributed by atoms with E-state index in [0.717, 1.165) is 17.1 Å². The molecule has 15 heavy (non-hydrogen) atoms. The first-order chi connectivity index (χ1) is 6.83. The van der Waals surface area contributed by atoms with Crippen molar-refractivity contribution in [2.45, 2.75) is 26.7 Å². The highest BCUT2D eigenvalue weighted by Gasteiger charge is 2.23. The molecule has 0 fully saturated rings. The first-order valence-electron chi connectivity index (χ1n) is 4.99. The molecule has 0 spiro atoms. The van der Waals surface area contributed by atoms with Gasteiger partial charge < -0.3 is 5.11 Å². The normalized spacial score (nSPS) is 12.3. The smallest absolute Gasteiger partial charge is 0.318 e. The van der Waals surface area contributed by atoms with Crippen LogP contribution in [0.15, 0.2) is 0 Å². The zero-order chi connectivity index (χ0) is 12.1. The Morgan fingerprint density at radius 1 is 1.33 bits per heavy atom. The molecule has 0 heterocycles. The van der Waals surface area contributed by atoms with Crippen LogP contribution in [-0.2, 0) is 14.8 Å². The summed E-state index contributed by atoms with van der Waals surface area (Å²) in [4.78, 5) is 10.4. The molecule has 0 atom stereocenters. The Labute approximate surface area is 91.1 Å². The van der Waals surface area contributed by atoms with Crippen LogP contribution in [0.3, 0.4) is 0 Å². The van der Waals surface area contributed by atoms with Gasteiger partial charge in [0.15, 0.2) is 0 Å². The standard InChI is InChI=1S/C9H19NO4S/c1-4-8(5-2)7-15(13,14)10(3)6-9(11)12/h8H,4-7H2,1-3H3,(H,11,12). The summed E-state index contributed by atoms with van der Waals surface area (Å²) in [6.07, 6.45) is 1.58. The van der Waals surface area contributed by atoms with E-state index in [-0.39, 0.29) is 11.7 Å². The summed E-state index contributed by atoms with van der Waals surface area (Å²) >= 11 is 0. The van der Waals surface area contributed by atoms with Gasteiger partial charge in [-0.15, -0.1) is 0 Å². The summed E-state index contributed by atoms with van der Waals surface area (Å²) in [5.74, 6) is -0.999. The minimum Gasteiger partial charge on any atom is -0.480 e. The molecule has 0 saturated carbocycles. The van der Waals surface area contributed by atoms with Gasteiger partial charge in [-0.05, 0) is 5.92 Å². The SMILES string of the molecule is CCC(CC)CS(=O)(=O)N(C)CC(=O)O. The Kier molecular flexibility index (Phi) is 5.82. The second-order valence-corrected chi connectivity index (χ2v) is 5.73. The number of carbonyl (C=O) groups is 1. The van der Waals surface area contributed by atoms with Gasteiger partial charge in [0.05, 0.1) is 5.75 Å². The molecule has 0 radical (unpaired) electrons. The third-order valence-corrected chi connectivity index (χ3v) is 4.41. The number of hydrogen-bond acceptors (Lipinski definition) is 3. The van der Waals surface area contributed by atoms with Gasteiger partial charge in [-0.1, -0.05) is 26.7 Å². The number of carboxylic acid groups (broad SMARTS) is 1. The Morgan fingerprint density at radius 2 is 1.80 bits per heavy atom. The molecule has 0 aromatic carbocycles. The van der Waals surface area contributed by atoms with E-state index in [9.17, 15) is 13.2 Å². The highest BCUT2D eigenvalue weighted by atomic mass is 32.2. The van der Waals surface area contributed by atoms with E-state index in [2.05, 4.69) is 0 Å². The van der Waals surface area contributed by atoms with Gasteiger partial charge >= 0.3 is 5.97 Å². The van der Waals surface area contributed by atoms with E-state index in [1.807, 2.05) is 13.8 Å². The molecule has 0 amide bonds. The van der Waals surface area contributed by atoms with Crippen molar-refractivity contribution in [3.63, 3.8) is 0 Å². The molecule has 0 aromatic heterocycles. The minimum atomic E-state index is -3.43. The van der Waals surface area contributed by atoms with Crippen LogP contribution in [0.2, 0.25) is 0 Å². The molecule has 5 nitrogen and oxygen atoms in total. The Balaban J connectivity index is 4.47. The van der Waals surface area contributed by atoms with E-state index in [0.29, 0.717) is 0 Å². The van der Waals surface area contributed by atoms with E-state index in [1.165, 1.54) is 7.05 Å². The maximum atomic E-state index is 11.7. The highest BCUT2D eigenvalue weighted by molar-refractivity contribution is 7.89. The van der Waals surface area contributed by atoms with Gasteiger partial charge in [0, 0.05) is 7.05 Å². The lowest BCUT2D eigenvalue weighted by molar-refractivity contribution is -0.137. The van der Waals surface area contributed by atoms with Crippen molar-refractivity contribution in [3.05, 3.63) is 0 Å². The molecule has 0 bridgehead atoms. The molecule has 0 rings (SSSR count). The van der Waals surface area contributed by atoms with Crippen molar-refractivity contribution < 1.29 is 18.3 Å². The van der Waals surface area contributed by atoms with Crippen LogP contribution < -0.4 is 0 Å². The second kappa shape index (κ2) is 6.07. The van der Waals surface area contributed by atoms with Crippen molar-refractivity contribution in [2.75, 3.05) is 19.3 Å². The second-order valence-electron chi connectivity index (χ2n) is 3.61. The summed E-state index contributed by atoms with van der Waals surface area (Å²) in [6, 6.07) is 0. The number of likely N-dealkylation sites (N-methyl/N-ethyl adjacent to an activating group) is 1. The average molecular weight is 237 g/mol. The van der Waals surface area contributed by atoms with Crippen LogP contribution in [0.25, 0.3) is 0 Å². The van der Waals surface area contributed by atoms with Gasteiger partial charge in [0.2, 0.25) is 10.0 Å². The molecule has 1 N–H and O–H groups in total. The molecule has 0 unspecified atom stereocenters. The first kappa shape index (κ1) is 14.4. The summed E-state index contributed by atoms with van der Waals surface area (Å²) in [5.41, 5.74) is 0. The van der Waals surface area contributed by atoms with Gasteiger partial charge in [-0.2, -0.15) is 4.31 Å². The van der Waals surface area contributed by atoms with Crippen molar-refractivity contribution in [1.82, 2.24) is 4.31 Å². The number of carboxylic acids is 1. The summed E-state index contributed by atoms with van der Waals surface area (Å²) in [7, 11) is -2.13. The average Bonchev–Trinajstić information content (AvgIpc) is 2.13. The zero-order valence-corrected chi connectivity index (χ0v) is 10.2. The lowest BCUT2D eigenvalue weighted by atomic mass is 10.1. The van der Waals surface area contributed by atoms with Crippen LogP contribution in [0, 0.1) is 5.92 Å². The van der Waals surface area contributed by atoms with Gasteiger partial charge in [-0.3, -0.25) is 4.79 Å². The van der Waals surface area contributed by atoms with Crippen LogP contribution in [0.1, 0.15) is 26.7 Å². The molecular weight excluding hydrogens is 218 g/mol. The lowest BCUT2D eigenvalue weighted by Crippen LogP contribution is -2.35. The van der Waals surface area contributed by atoms with Crippen LogP contribution in [0.5, 0.6) is 0 Å². The molecule has 0 aliphatic rings. The molecule has 0 aliphatic carbocycles. The molecule has 0 aliphatic heterocycles. The summed E-state index contributed by atoms with van der Waals surface area (Å²) < 4.78 is 24.2. The predicted molar refractivity (Wildman–Crippen MR) is 58.1 cm³/mol. The Hall–Kier alpha value is -0.620. The number of rotatable bonds is 7. The monoisotopic (exact) mass is 237 g/mol. The van der Waals surface area contributed by atoms with E-state index in [1.54, 1.807) is 0 Å². The van der Waals surface area contributed by atoms with Gasteiger partial charge in [-0.25, -0.2) is 8.42 Å². The third kappa shape index (κ3) is 5.13. The van der Waals surface area contributed by atoms with Crippen molar-refractivity contribution in [2.24, 2.45) is 5.92 Å².